The smallest absolute Gasteiger partial charge is 0.453 e. The number of nitrogens with one attached hydrogen (secondary N) is 3. The normalized spacial score (nSPS) is 18.7. The van der Waals surface area contributed by atoms with E-state index in [0.29, 0.717) is 61.1 Å². The summed E-state index contributed by atoms with van der Waals surface area (Å²) in [6.45, 7) is 12.6. The molecule has 6 rings (SSSR count). The minimum Gasteiger partial charge on any atom is -0.453 e. The Balaban J connectivity index is 1.17. The molecule has 2 aliphatic heterocycles. The van der Waals surface area contributed by atoms with Crippen LogP contribution in [0.1, 0.15) is 76.6 Å². The minimum absolute atomic E-state index is 0.0159. The molecule has 19 heteroatoms. The number of piperidine rings is 1. The summed E-state index contributed by atoms with van der Waals surface area (Å²) in [6, 6.07) is 10.7. The Kier molecular flexibility index (Phi) is 14.5. The highest BCUT2D eigenvalue weighted by Gasteiger charge is 2.39. The molecule has 0 aliphatic carbocycles. The van der Waals surface area contributed by atoms with Crippen molar-refractivity contribution in [2.45, 2.75) is 78.9 Å². The molecule has 0 bridgehead atoms. The number of nitrogens with zero attached hydrogens (tertiary/aromatic N) is 5. The molecular formula is C45H54ClF3N8O7. The molecule has 4 amide bonds. The van der Waals surface area contributed by atoms with Crippen molar-refractivity contribution in [2.24, 2.45) is 17.3 Å². The second-order valence-electron chi connectivity index (χ2n) is 17.4. The van der Waals surface area contributed by atoms with Crippen molar-refractivity contribution in [2.75, 3.05) is 50.1 Å². The third-order valence-electron chi connectivity index (χ3n) is 11.6. The van der Waals surface area contributed by atoms with Crippen LogP contribution in [0.15, 0.2) is 60.9 Å². The van der Waals surface area contributed by atoms with Gasteiger partial charge in [0.15, 0.2) is 0 Å². The van der Waals surface area contributed by atoms with Crippen molar-refractivity contribution in [3.8, 4) is 28.1 Å². The molecule has 2 saturated heterocycles. The summed E-state index contributed by atoms with van der Waals surface area (Å²) in [7, 11) is 1.24. The summed E-state index contributed by atoms with van der Waals surface area (Å²) in [6.07, 6.45) is -1.24. The van der Waals surface area contributed by atoms with Crippen LogP contribution in [0.3, 0.4) is 0 Å². The maximum atomic E-state index is 13.9. The summed E-state index contributed by atoms with van der Waals surface area (Å²) in [4.78, 5) is 70.1. The quantitative estimate of drug-likeness (QED) is 0.110. The van der Waals surface area contributed by atoms with Crippen LogP contribution in [-0.4, -0.2) is 112 Å². The van der Waals surface area contributed by atoms with Gasteiger partial charge in [-0.3, -0.25) is 14.4 Å². The first-order valence-electron chi connectivity index (χ1n) is 21.0. The Morgan fingerprint density at radius 3 is 2.31 bits per heavy atom. The predicted octanol–water partition coefficient (Wildman–Crippen LogP) is 7.68. The van der Waals surface area contributed by atoms with Gasteiger partial charge in [0.2, 0.25) is 11.8 Å². The zero-order valence-electron chi connectivity index (χ0n) is 36.8. The van der Waals surface area contributed by atoms with Gasteiger partial charge in [-0.25, -0.2) is 14.8 Å². The zero-order valence-corrected chi connectivity index (χ0v) is 37.5. The van der Waals surface area contributed by atoms with Crippen molar-refractivity contribution >= 4 is 46.9 Å². The van der Waals surface area contributed by atoms with Crippen LogP contribution < -0.4 is 20.3 Å². The van der Waals surface area contributed by atoms with Gasteiger partial charge in [0, 0.05) is 61.8 Å². The summed E-state index contributed by atoms with van der Waals surface area (Å²) in [5.41, 5.74) is 0.643. The number of alkyl halides is 3. The lowest BCUT2D eigenvalue weighted by Crippen LogP contribution is -2.56. The molecule has 0 saturated carbocycles. The van der Waals surface area contributed by atoms with Crippen LogP contribution in [0.5, 0.6) is 5.75 Å². The number of aromatic amines is 1. The molecule has 0 radical (unpaired) electrons. The topological polar surface area (TPSA) is 182 Å². The van der Waals surface area contributed by atoms with Crippen LogP contribution in [0, 0.1) is 17.3 Å². The highest BCUT2D eigenvalue weighted by atomic mass is 35.5. The third-order valence-corrected chi connectivity index (χ3v) is 11.9. The van der Waals surface area contributed by atoms with E-state index < -0.39 is 41.6 Å². The molecule has 4 N–H and O–H groups in total. The van der Waals surface area contributed by atoms with Gasteiger partial charge >= 0.3 is 12.5 Å². The number of carbonyl (C=O) groups is 4. The standard InChI is InChI=1S/C45H54ClF3N8O7/c1-25(2)38(54-43(62)63-7)41(60)57-22-26(3)8-14-35(57)39-51-21-34(52-39)29-11-9-28(10-12-29)31-18-32(46)33(19-36(31)64-45(47,48)49)53-40(59)30-13-15-37(50-20-30)56-17-16-55(23-27(56)4)42(61)44(5,6)24-58/h9-13,15,18-21,25-27,35,38,58H,8,14,16-17,22-24H2,1-7H3,(H,51,52)(H,53,59)(H,54,62)/t26-,27+,35?,38-/m0/s1. The number of hydrogen-bond donors (Lipinski definition) is 4. The highest BCUT2D eigenvalue weighted by Crippen LogP contribution is 2.41. The number of hydrogen-bond acceptors (Lipinski definition) is 10. The number of anilines is 2. The van der Waals surface area contributed by atoms with Crippen molar-refractivity contribution in [1.82, 2.24) is 30.1 Å². The van der Waals surface area contributed by atoms with Crippen LogP contribution in [0.2, 0.25) is 5.02 Å². The fraction of sp³-hybridized carbons (Fsp3) is 0.467. The Morgan fingerprint density at radius 1 is 1.00 bits per heavy atom. The average Bonchev–Trinajstić information content (AvgIpc) is 3.75. The second-order valence-corrected chi connectivity index (χ2v) is 17.8. The lowest BCUT2D eigenvalue weighted by Gasteiger charge is -2.42. The number of aliphatic hydroxyl groups excluding tert-OH is 1. The SMILES string of the molecule is COC(=O)N[C@H](C(=O)N1C[C@@H](C)CCC1c1nc(-c2ccc(-c3cc(Cl)c(NC(=O)c4ccc(N5CCN(C(=O)C(C)(C)CO)C[C@H]5C)nc4)cc3OC(F)(F)F)cc2)c[nH]1)C(C)C. The number of rotatable bonds is 12. The molecule has 2 fully saturated rings. The van der Waals surface area contributed by atoms with Crippen LogP contribution in [0.25, 0.3) is 22.4 Å². The van der Waals surface area contributed by atoms with Crippen molar-refractivity contribution in [3.05, 3.63) is 77.3 Å². The molecule has 64 heavy (non-hydrogen) atoms. The molecule has 1 unspecified atom stereocenters. The van der Waals surface area contributed by atoms with E-state index in [1.807, 2.05) is 25.7 Å². The van der Waals surface area contributed by atoms with Crippen molar-refractivity contribution in [1.29, 1.82) is 0 Å². The van der Waals surface area contributed by atoms with E-state index in [9.17, 15) is 37.5 Å². The molecule has 4 heterocycles. The predicted molar refractivity (Wildman–Crippen MR) is 235 cm³/mol. The number of imidazole rings is 1. The van der Waals surface area contributed by atoms with Gasteiger partial charge in [-0.05, 0) is 69.2 Å². The van der Waals surface area contributed by atoms with Crippen LogP contribution in [0.4, 0.5) is 29.5 Å². The van der Waals surface area contributed by atoms with Gasteiger partial charge in [0.1, 0.15) is 23.4 Å². The molecule has 15 nitrogen and oxygen atoms in total. The maximum absolute atomic E-state index is 13.9. The van der Waals surface area contributed by atoms with E-state index in [4.69, 9.17) is 21.3 Å². The molecule has 2 aromatic carbocycles. The Bertz CT molecular complexity index is 2320. The first-order valence-corrected chi connectivity index (χ1v) is 21.4. The number of alkyl carbamates (subject to hydrolysis) is 1. The number of carbonyl (C=O) groups excluding carboxylic acids is 4. The van der Waals surface area contributed by atoms with E-state index in [-0.39, 0.29) is 58.1 Å². The van der Waals surface area contributed by atoms with E-state index in [1.165, 1.54) is 25.4 Å². The van der Waals surface area contributed by atoms with Gasteiger partial charge in [0.05, 0.1) is 47.1 Å². The number of pyridine rings is 1. The second kappa shape index (κ2) is 19.5. The van der Waals surface area contributed by atoms with Gasteiger partial charge in [-0.2, -0.15) is 0 Å². The molecule has 0 spiro atoms. The van der Waals surface area contributed by atoms with Crippen molar-refractivity contribution in [3.63, 3.8) is 0 Å². The van der Waals surface area contributed by atoms with Gasteiger partial charge in [-0.1, -0.05) is 56.6 Å². The number of amides is 4. The molecule has 4 aromatic rings. The number of methoxy groups -OCH3 is 1. The molecular weight excluding hydrogens is 857 g/mol. The van der Waals surface area contributed by atoms with E-state index in [1.54, 1.807) is 60.2 Å². The fourth-order valence-corrected chi connectivity index (χ4v) is 8.19. The molecule has 2 aromatic heterocycles. The first kappa shape index (κ1) is 47.6. The van der Waals surface area contributed by atoms with E-state index in [0.717, 1.165) is 12.5 Å². The molecule has 344 valence electrons. The Labute approximate surface area is 374 Å². The number of aromatic nitrogens is 3. The summed E-state index contributed by atoms with van der Waals surface area (Å²) >= 11 is 6.60. The first-order chi connectivity index (χ1) is 30.2. The monoisotopic (exact) mass is 910 g/mol. The van der Waals surface area contributed by atoms with Gasteiger partial charge in [0.25, 0.3) is 5.91 Å². The van der Waals surface area contributed by atoms with Crippen LogP contribution in [-0.2, 0) is 14.3 Å². The van der Waals surface area contributed by atoms with E-state index in [2.05, 4.69) is 32.3 Å². The minimum atomic E-state index is -5.07. The molecule has 4 atom stereocenters. The number of ether oxygens (including phenoxy) is 2. The summed E-state index contributed by atoms with van der Waals surface area (Å²) in [5, 5.41) is 14.8. The number of benzene rings is 2. The number of likely N-dealkylation sites (tertiary alicyclic amines) is 1. The average molecular weight is 911 g/mol. The number of H-pyrrole nitrogens is 1. The van der Waals surface area contributed by atoms with Crippen LogP contribution >= 0.6 is 11.6 Å². The number of halogens is 4. The maximum Gasteiger partial charge on any atom is 0.573 e. The Morgan fingerprint density at radius 2 is 1.70 bits per heavy atom. The van der Waals surface area contributed by atoms with Crippen molar-refractivity contribution < 1.29 is 46.9 Å². The van der Waals surface area contributed by atoms with Gasteiger partial charge < -0.3 is 44.9 Å². The summed E-state index contributed by atoms with van der Waals surface area (Å²) in [5.74, 6) is -0.509. The third kappa shape index (κ3) is 10.9. The van der Waals surface area contributed by atoms with E-state index >= 15 is 0 Å². The molecule has 2 aliphatic rings. The lowest BCUT2D eigenvalue weighted by atomic mass is 9.91. The fourth-order valence-electron chi connectivity index (χ4n) is 7.98. The lowest BCUT2D eigenvalue weighted by molar-refractivity contribution is -0.274. The summed E-state index contributed by atoms with van der Waals surface area (Å²) < 4.78 is 50.6. The number of piperazine rings is 1. The number of aliphatic hydroxyl groups is 1. The Hall–Kier alpha value is -5.88. The van der Waals surface area contributed by atoms with Gasteiger partial charge in [-0.15, -0.1) is 13.2 Å². The largest absolute Gasteiger partial charge is 0.573 e. The zero-order chi connectivity index (χ0) is 46.7. The highest BCUT2D eigenvalue weighted by molar-refractivity contribution is 6.34.